The van der Waals surface area contributed by atoms with E-state index in [0.717, 1.165) is 9.52 Å². The minimum atomic E-state index is -0.826. The number of hydrogen-bond donors (Lipinski definition) is 0. The van der Waals surface area contributed by atoms with Gasteiger partial charge in [0.25, 0.3) is 0 Å². The molecule has 2 nitrogen and oxygen atoms in total. The molecule has 0 unspecified atom stereocenters. The molecule has 0 N–H and O–H groups in total. The normalized spacial score (nSPS) is 14.1. The molecule has 0 saturated carbocycles. The molecule has 258 valence electrons. The van der Waals surface area contributed by atoms with E-state index in [1.807, 2.05) is 0 Å². The van der Waals surface area contributed by atoms with E-state index < -0.39 is 20.8 Å². The van der Waals surface area contributed by atoms with Gasteiger partial charge in [-0.05, 0) is 73.9 Å². The molecule has 2 aliphatic heterocycles. The van der Waals surface area contributed by atoms with Crippen LogP contribution in [0.4, 0.5) is 11.4 Å². The van der Waals surface area contributed by atoms with Crippen molar-refractivity contribution in [1.82, 2.24) is 0 Å². The Hall–Kier alpha value is -2.62. The standard InChI is InChI=1S/2C21H22N.C2H6Si.2ClH.Zr/c2*1-16-14-18-6-5-7-20(21(18)15-16)17-8-10-19(11-9-17)22-12-3-2-4-13-22;1-3-2;;;/h2*5-11,14-15H,2-4,12-13H2,1H3;1-2H3;2*1H;/q2*-1;;;;+4/p-2. The number of nitrogens with zero attached hydrogens (tertiary/aromatic N) is 2. The first-order valence-corrected chi connectivity index (χ1v) is 26.4. The zero-order valence-corrected chi connectivity index (χ0v) is 35.1. The van der Waals surface area contributed by atoms with Crippen LogP contribution in [0.25, 0.3) is 43.8 Å². The molecule has 2 fully saturated rings. The first-order valence-electron chi connectivity index (χ1n) is 18.0. The van der Waals surface area contributed by atoms with Crippen molar-refractivity contribution in [2.24, 2.45) is 0 Å². The van der Waals surface area contributed by atoms with Crippen molar-refractivity contribution in [3.05, 3.63) is 120 Å². The summed E-state index contributed by atoms with van der Waals surface area (Å²) in [5.74, 6) is 0. The van der Waals surface area contributed by atoms with Crippen molar-refractivity contribution in [2.45, 2.75) is 65.5 Å². The van der Waals surface area contributed by atoms with Crippen molar-refractivity contribution in [2.75, 3.05) is 36.0 Å². The first-order chi connectivity index (χ1) is 24.4. The zero-order valence-electron chi connectivity index (χ0n) is 30.1. The van der Waals surface area contributed by atoms with E-state index in [4.69, 9.17) is 17.0 Å². The van der Waals surface area contributed by atoms with E-state index in [-0.39, 0.29) is 0 Å². The van der Waals surface area contributed by atoms with Crippen LogP contribution in [0.1, 0.15) is 49.7 Å². The number of halogens is 2. The second-order valence-corrected chi connectivity index (χ2v) is 18.2. The van der Waals surface area contributed by atoms with Gasteiger partial charge in [0.15, 0.2) is 0 Å². The number of rotatable bonds is 4. The molecule has 2 aliphatic rings. The summed E-state index contributed by atoms with van der Waals surface area (Å²) in [7, 11) is 11.0. The van der Waals surface area contributed by atoms with Crippen LogP contribution in [0.15, 0.2) is 109 Å². The number of anilines is 2. The van der Waals surface area contributed by atoms with Crippen molar-refractivity contribution < 1.29 is 20.8 Å². The predicted octanol–water partition coefficient (Wildman–Crippen LogP) is 13.2. The van der Waals surface area contributed by atoms with Crippen LogP contribution in [0, 0.1) is 13.8 Å². The van der Waals surface area contributed by atoms with Crippen molar-refractivity contribution in [1.29, 1.82) is 0 Å². The molecule has 0 spiro atoms. The molecular weight excluding hydrogens is 747 g/mol. The van der Waals surface area contributed by atoms with Gasteiger partial charge in [-0.2, -0.15) is 12.1 Å². The van der Waals surface area contributed by atoms with Crippen molar-refractivity contribution in [3.8, 4) is 22.3 Å². The van der Waals surface area contributed by atoms with Crippen LogP contribution in [0.2, 0.25) is 13.1 Å². The molecule has 0 aromatic heterocycles. The third kappa shape index (κ3) is 10.3. The SMILES string of the molecule is C[Si]C.Cc1cc2c(-c3ccc(N4CCCCC4)cc3)cccc2[cH-]1.Cc1cc2c(-c3ccc(N4CCCCC4)cc3)cccc2[cH-]1.[Cl][Zr+2][Cl]. The Morgan fingerprint density at radius 2 is 0.880 bits per heavy atom. The second kappa shape index (κ2) is 19.8. The van der Waals surface area contributed by atoms with Crippen LogP contribution >= 0.6 is 17.0 Å². The molecule has 6 aromatic rings. The van der Waals surface area contributed by atoms with E-state index >= 15 is 0 Å². The summed E-state index contributed by atoms with van der Waals surface area (Å²) in [4.78, 5) is 5.03. The summed E-state index contributed by atoms with van der Waals surface area (Å²) in [6.45, 7) is 13.5. The van der Waals surface area contributed by atoms with E-state index in [9.17, 15) is 0 Å². The Morgan fingerprint density at radius 3 is 1.22 bits per heavy atom. The van der Waals surface area contributed by atoms with Gasteiger partial charge in [-0.15, -0.1) is 69.1 Å². The quantitative estimate of drug-likeness (QED) is 0.130. The van der Waals surface area contributed by atoms with Gasteiger partial charge in [-0.25, -0.2) is 0 Å². The minimum absolute atomic E-state index is 0.826. The average molecular weight is 797 g/mol. The molecule has 2 saturated heterocycles. The summed E-state index contributed by atoms with van der Waals surface area (Å²) in [6, 6.07) is 40.6. The van der Waals surface area contributed by atoms with Crippen LogP contribution in [0.3, 0.4) is 0 Å². The van der Waals surface area contributed by atoms with E-state index in [1.165, 1.54) is 131 Å². The Labute approximate surface area is 322 Å². The Kier molecular flexibility index (Phi) is 15.3. The topological polar surface area (TPSA) is 6.48 Å². The Balaban J connectivity index is 0.000000168. The fourth-order valence-electron chi connectivity index (χ4n) is 7.28. The summed E-state index contributed by atoms with van der Waals surface area (Å²) in [6.07, 6.45) is 8.07. The number of hydrogen-bond acceptors (Lipinski definition) is 2. The van der Waals surface area contributed by atoms with Crippen LogP contribution in [0.5, 0.6) is 0 Å². The van der Waals surface area contributed by atoms with Gasteiger partial charge >= 0.3 is 37.9 Å². The second-order valence-electron chi connectivity index (χ2n) is 13.4. The van der Waals surface area contributed by atoms with E-state index in [0.29, 0.717) is 0 Å². The van der Waals surface area contributed by atoms with Gasteiger partial charge in [-0.1, -0.05) is 74.5 Å². The van der Waals surface area contributed by atoms with Crippen LogP contribution in [-0.4, -0.2) is 35.7 Å². The zero-order chi connectivity index (χ0) is 35.3. The number of piperidine rings is 2. The summed E-state index contributed by atoms with van der Waals surface area (Å²) < 4.78 is 0. The van der Waals surface area contributed by atoms with Gasteiger partial charge in [0.2, 0.25) is 0 Å². The molecule has 50 heavy (non-hydrogen) atoms. The molecular formula is C44H50Cl2N2SiZr. The maximum absolute atomic E-state index is 4.93. The molecule has 0 amide bonds. The number of aryl methyl sites for hydroxylation is 2. The van der Waals surface area contributed by atoms with Crippen molar-refractivity contribution in [3.63, 3.8) is 0 Å². The molecule has 0 aliphatic carbocycles. The monoisotopic (exact) mass is 794 g/mol. The fraction of sp³-hybridized carbons (Fsp3) is 0.318. The molecule has 6 aromatic carbocycles. The van der Waals surface area contributed by atoms with Crippen LogP contribution < -0.4 is 9.80 Å². The average Bonchev–Trinajstić information content (AvgIpc) is 3.74. The molecule has 0 bridgehead atoms. The fourth-order valence-corrected chi connectivity index (χ4v) is 7.28. The summed E-state index contributed by atoms with van der Waals surface area (Å²) in [5.41, 5.74) is 10.7. The van der Waals surface area contributed by atoms with E-state index in [2.05, 4.69) is 146 Å². The van der Waals surface area contributed by atoms with Gasteiger partial charge in [0.1, 0.15) is 0 Å². The molecule has 8 rings (SSSR count). The van der Waals surface area contributed by atoms with Crippen molar-refractivity contribution >= 4 is 59.5 Å². The Morgan fingerprint density at radius 1 is 0.540 bits per heavy atom. The third-order valence-electron chi connectivity index (χ3n) is 9.59. The van der Waals surface area contributed by atoms with Gasteiger partial charge < -0.3 is 9.80 Å². The first kappa shape index (κ1) is 38.6. The van der Waals surface area contributed by atoms with Crippen LogP contribution in [-0.2, 0) is 20.8 Å². The van der Waals surface area contributed by atoms with Gasteiger partial charge in [-0.3, -0.25) is 0 Å². The maximum atomic E-state index is 4.93. The summed E-state index contributed by atoms with van der Waals surface area (Å²) >= 11 is -0.826. The molecule has 6 heteroatoms. The van der Waals surface area contributed by atoms with Gasteiger partial charge in [0.05, 0.1) is 0 Å². The number of benzene rings is 4. The third-order valence-corrected chi connectivity index (χ3v) is 9.59. The predicted molar refractivity (Wildman–Crippen MR) is 221 cm³/mol. The summed E-state index contributed by atoms with van der Waals surface area (Å²) in [5, 5.41) is 5.42. The molecule has 2 heterocycles. The van der Waals surface area contributed by atoms with Gasteiger partial charge in [0, 0.05) is 47.1 Å². The number of fused-ring (bicyclic) bond motifs is 2. The molecule has 0 atom stereocenters. The Bertz CT molecular complexity index is 1740. The molecule has 2 radical (unpaired) electrons. The van der Waals surface area contributed by atoms with E-state index in [1.54, 1.807) is 0 Å².